The van der Waals surface area contributed by atoms with Crippen LogP contribution in [0.4, 0.5) is 0 Å². The zero-order valence-corrected chi connectivity index (χ0v) is 8.06. The lowest BCUT2D eigenvalue weighted by Crippen LogP contribution is -2.65. The van der Waals surface area contributed by atoms with E-state index in [1.54, 1.807) is 0 Å². The molecule has 0 bridgehead atoms. The Bertz CT molecular complexity index is 200. The Morgan fingerprint density at radius 3 is 2.27 bits per heavy atom. The minimum absolute atomic E-state index is 0.00188. The van der Waals surface area contributed by atoms with Gasteiger partial charge in [0.05, 0.1) is 18.8 Å². The van der Waals surface area contributed by atoms with Gasteiger partial charge in [0.1, 0.15) is 24.4 Å². The van der Waals surface area contributed by atoms with Crippen LogP contribution in [0, 0.1) is 0 Å². The van der Waals surface area contributed by atoms with Crippen LogP contribution < -0.4 is 5.32 Å². The molecule has 1 rings (SSSR count). The fourth-order valence-corrected chi connectivity index (χ4v) is 1.61. The Labute approximate surface area is 86.6 Å². The summed E-state index contributed by atoms with van der Waals surface area (Å²) in [6.07, 6.45) is -6.71. The molecule has 1 saturated heterocycles. The number of aliphatic hydroxyl groups excluding tert-OH is 6. The van der Waals surface area contributed by atoms with Gasteiger partial charge in [0.15, 0.2) is 0 Å². The van der Waals surface area contributed by atoms with Crippen molar-refractivity contribution in [3.05, 3.63) is 0 Å². The van der Waals surface area contributed by atoms with Crippen LogP contribution in [0.25, 0.3) is 0 Å². The highest BCUT2D eigenvalue weighted by Gasteiger charge is 2.41. The van der Waals surface area contributed by atoms with E-state index >= 15 is 0 Å². The Morgan fingerprint density at radius 1 is 1.13 bits per heavy atom. The molecule has 1 aliphatic heterocycles. The molecule has 1 heterocycles. The van der Waals surface area contributed by atoms with Gasteiger partial charge in [-0.1, -0.05) is 0 Å². The lowest BCUT2D eigenvalue weighted by molar-refractivity contribution is -0.132. The topological polar surface area (TPSA) is 133 Å². The quantitative estimate of drug-likeness (QED) is 0.258. The van der Waals surface area contributed by atoms with Gasteiger partial charge in [-0.3, -0.25) is 0 Å². The summed E-state index contributed by atoms with van der Waals surface area (Å²) in [5, 5.41) is 57.8. The summed E-state index contributed by atoms with van der Waals surface area (Å²) < 4.78 is 0. The maximum Gasteiger partial charge on any atom is 0.109 e. The first-order valence-electron chi connectivity index (χ1n) is 4.73. The molecule has 0 unspecified atom stereocenters. The predicted molar refractivity (Wildman–Crippen MR) is 48.9 cm³/mol. The van der Waals surface area contributed by atoms with Crippen molar-refractivity contribution in [3.8, 4) is 0 Å². The maximum atomic E-state index is 9.50. The van der Waals surface area contributed by atoms with Crippen molar-refractivity contribution in [3.63, 3.8) is 0 Å². The molecule has 90 valence electrons. The predicted octanol–water partition coefficient (Wildman–Crippen LogP) is -4.24. The fourth-order valence-electron chi connectivity index (χ4n) is 1.61. The fraction of sp³-hybridized carbons (Fsp3) is 1.00. The van der Waals surface area contributed by atoms with Crippen LogP contribution in [-0.4, -0.2) is 80.4 Å². The van der Waals surface area contributed by atoms with Gasteiger partial charge in [-0.15, -0.1) is 0 Å². The largest absolute Gasteiger partial charge is 0.394 e. The Morgan fingerprint density at radius 2 is 1.73 bits per heavy atom. The van der Waals surface area contributed by atoms with Gasteiger partial charge in [-0.25, -0.2) is 0 Å². The van der Waals surface area contributed by atoms with Crippen LogP contribution in [0.5, 0.6) is 0 Å². The van der Waals surface area contributed by atoms with Crippen molar-refractivity contribution >= 4 is 0 Å². The number of aliphatic hydroxyl groups is 6. The Balaban J connectivity index is 2.62. The summed E-state index contributed by atoms with van der Waals surface area (Å²) in [5.74, 6) is 0. The van der Waals surface area contributed by atoms with Crippen molar-refractivity contribution in [2.24, 2.45) is 0 Å². The summed E-state index contributed by atoms with van der Waals surface area (Å²) in [7, 11) is 0. The number of β-amino-alcohol motifs (C(OH)–C–C–N with tert-alkyl or cyclic N) is 1. The molecule has 0 aromatic carbocycles. The molecule has 0 spiro atoms. The molecule has 6 atom stereocenters. The molecular formula is C8H17NO6. The molecule has 0 radical (unpaired) electrons. The molecule has 15 heavy (non-hydrogen) atoms. The van der Waals surface area contributed by atoms with E-state index in [1.807, 2.05) is 0 Å². The number of hydrogen-bond acceptors (Lipinski definition) is 7. The highest BCUT2D eigenvalue weighted by atomic mass is 16.4. The first-order valence-corrected chi connectivity index (χ1v) is 4.73. The van der Waals surface area contributed by atoms with E-state index in [-0.39, 0.29) is 6.54 Å². The number of hydrogen-bond donors (Lipinski definition) is 7. The Kier molecular flexibility index (Phi) is 4.41. The molecule has 1 fully saturated rings. The van der Waals surface area contributed by atoms with E-state index in [0.717, 1.165) is 0 Å². The summed E-state index contributed by atoms with van der Waals surface area (Å²) in [6.45, 7) is -0.650. The van der Waals surface area contributed by atoms with Crippen LogP contribution in [-0.2, 0) is 0 Å². The van der Waals surface area contributed by atoms with Crippen LogP contribution >= 0.6 is 0 Å². The summed E-state index contributed by atoms with van der Waals surface area (Å²) in [6, 6.07) is -0.981. The highest BCUT2D eigenvalue weighted by molar-refractivity contribution is 4.97. The van der Waals surface area contributed by atoms with Crippen molar-refractivity contribution < 1.29 is 30.6 Å². The number of rotatable bonds is 3. The van der Waals surface area contributed by atoms with E-state index < -0.39 is 43.2 Å². The second-order valence-corrected chi connectivity index (χ2v) is 3.72. The number of piperidine rings is 1. The monoisotopic (exact) mass is 223 g/mol. The molecule has 0 saturated carbocycles. The van der Waals surface area contributed by atoms with Crippen LogP contribution in [0.1, 0.15) is 0 Å². The highest BCUT2D eigenvalue weighted by Crippen LogP contribution is 2.15. The zero-order chi connectivity index (χ0) is 11.6. The number of nitrogens with one attached hydrogen (secondary N) is 1. The lowest BCUT2D eigenvalue weighted by Gasteiger charge is -2.39. The summed E-state index contributed by atoms with van der Waals surface area (Å²) in [4.78, 5) is 0. The second kappa shape index (κ2) is 5.17. The molecule has 7 N–H and O–H groups in total. The molecule has 0 aromatic heterocycles. The van der Waals surface area contributed by atoms with E-state index in [9.17, 15) is 20.4 Å². The average molecular weight is 223 g/mol. The van der Waals surface area contributed by atoms with Gasteiger partial charge in [0.2, 0.25) is 0 Å². The third-order valence-corrected chi connectivity index (χ3v) is 2.62. The van der Waals surface area contributed by atoms with Crippen LogP contribution in [0.2, 0.25) is 0 Å². The minimum atomic E-state index is -1.41. The molecule has 7 heteroatoms. The van der Waals surface area contributed by atoms with Crippen molar-refractivity contribution in [2.75, 3.05) is 13.2 Å². The standard InChI is InChI=1S/C8H17NO6/c10-2-4(12)6(13)5-8(15)7(14)3(11)1-9-5/h3-15H,1-2H2/t3-,4-,5-,6-,7-,8+/m1/s1. The molecule has 0 aliphatic carbocycles. The molecule has 1 aliphatic rings. The summed E-state index contributed by atoms with van der Waals surface area (Å²) >= 11 is 0. The van der Waals surface area contributed by atoms with Gasteiger partial charge in [-0.2, -0.15) is 0 Å². The zero-order valence-electron chi connectivity index (χ0n) is 8.06. The van der Waals surface area contributed by atoms with Crippen LogP contribution in [0.3, 0.4) is 0 Å². The van der Waals surface area contributed by atoms with Gasteiger partial charge in [0, 0.05) is 6.54 Å². The maximum absolute atomic E-state index is 9.50. The second-order valence-electron chi connectivity index (χ2n) is 3.72. The van der Waals surface area contributed by atoms with Gasteiger partial charge in [-0.05, 0) is 0 Å². The van der Waals surface area contributed by atoms with Crippen molar-refractivity contribution in [2.45, 2.75) is 36.6 Å². The van der Waals surface area contributed by atoms with E-state index in [0.29, 0.717) is 0 Å². The molecular weight excluding hydrogens is 206 g/mol. The van der Waals surface area contributed by atoms with Gasteiger partial charge < -0.3 is 36.0 Å². The molecule has 0 aromatic rings. The smallest absolute Gasteiger partial charge is 0.109 e. The van der Waals surface area contributed by atoms with Crippen molar-refractivity contribution in [1.82, 2.24) is 5.32 Å². The Hall–Kier alpha value is -0.280. The first kappa shape index (κ1) is 12.8. The SMILES string of the molecule is OC[C@@H](O)[C@@H](O)[C@H]1NC[C@@H](O)[C@@H](O)[C@H]1O. The average Bonchev–Trinajstić information content (AvgIpc) is 2.24. The molecule has 7 nitrogen and oxygen atoms in total. The normalized spacial score (nSPS) is 41.2. The third-order valence-electron chi connectivity index (χ3n) is 2.62. The minimum Gasteiger partial charge on any atom is -0.394 e. The lowest BCUT2D eigenvalue weighted by atomic mass is 9.90. The van der Waals surface area contributed by atoms with E-state index in [2.05, 4.69) is 5.32 Å². The van der Waals surface area contributed by atoms with E-state index in [1.165, 1.54) is 0 Å². The van der Waals surface area contributed by atoms with E-state index in [4.69, 9.17) is 10.2 Å². The first-order chi connectivity index (χ1) is 6.99. The van der Waals surface area contributed by atoms with Gasteiger partial charge >= 0.3 is 0 Å². The third kappa shape index (κ3) is 2.64. The summed E-state index contributed by atoms with van der Waals surface area (Å²) in [5.41, 5.74) is 0. The van der Waals surface area contributed by atoms with Gasteiger partial charge in [0.25, 0.3) is 0 Å². The molecule has 0 amide bonds. The van der Waals surface area contributed by atoms with Crippen molar-refractivity contribution in [1.29, 1.82) is 0 Å². The van der Waals surface area contributed by atoms with Crippen LogP contribution in [0.15, 0.2) is 0 Å².